The maximum Gasteiger partial charge on any atom is 0.236 e. The van der Waals surface area contributed by atoms with Crippen LogP contribution in [0.2, 0.25) is 0 Å². The van der Waals surface area contributed by atoms with Crippen LogP contribution in [0.3, 0.4) is 0 Å². The Morgan fingerprint density at radius 3 is 2.52 bits per heavy atom. The summed E-state index contributed by atoms with van der Waals surface area (Å²) in [6.45, 7) is 1.83. The Morgan fingerprint density at radius 2 is 1.79 bits per heavy atom. The Hall–Kier alpha value is -2.99. The third kappa shape index (κ3) is 6.26. The number of carbonyl (C=O) groups excluding carboxylic acids is 1. The monoisotopic (exact) mass is 394 g/mol. The molecule has 3 rings (SSSR count). The number of amides is 1. The van der Waals surface area contributed by atoms with Crippen molar-refractivity contribution in [3.8, 4) is 11.3 Å². The van der Waals surface area contributed by atoms with Gasteiger partial charge in [0.15, 0.2) is 0 Å². The molecule has 5 nitrogen and oxygen atoms in total. The number of H-pyrrole nitrogens is 1. The predicted octanol–water partition coefficient (Wildman–Crippen LogP) is 3.74. The van der Waals surface area contributed by atoms with Crippen LogP contribution in [-0.2, 0) is 17.8 Å². The van der Waals surface area contributed by atoms with Crippen molar-refractivity contribution >= 4 is 5.91 Å². The Labute approximate surface area is 171 Å². The molecule has 0 saturated heterocycles. The number of aromatic amines is 1. The van der Waals surface area contributed by atoms with E-state index in [0.717, 1.165) is 41.9 Å². The molecule has 0 fully saturated rings. The highest BCUT2D eigenvalue weighted by Gasteiger charge is 2.12. The van der Waals surface area contributed by atoms with Crippen molar-refractivity contribution in [2.45, 2.75) is 19.4 Å². The first kappa shape index (κ1) is 20.7. The van der Waals surface area contributed by atoms with Crippen molar-refractivity contribution in [3.63, 3.8) is 0 Å². The van der Waals surface area contributed by atoms with Crippen molar-refractivity contribution in [2.75, 3.05) is 27.2 Å². The maximum atomic E-state index is 13.0. The van der Waals surface area contributed by atoms with Crippen molar-refractivity contribution in [2.24, 2.45) is 0 Å². The van der Waals surface area contributed by atoms with Gasteiger partial charge in [-0.25, -0.2) is 4.39 Å². The fourth-order valence-electron chi connectivity index (χ4n) is 3.17. The van der Waals surface area contributed by atoms with E-state index in [9.17, 15) is 9.18 Å². The van der Waals surface area contributed by atoms with Crippen LogP contribution in [0.15, 0.2) is 60.7 Å². The highest BCUT2D eigenvalue weighted by atomic mass is 19.1. The van der Waals surface area contributed by atoms with Gasteiger partial charge >= 0.3 is 0 Å². The van der Waals surface area contributed by atoms with E-state index in [-0.39, 0.29) is 11.7 Å². The zero-order chi connectivity index (χ0) is 20.6. The van der Waals surface area contributed by atoms with Gasteiger partial charge in [-0.2, -0.15) is 5.10 Å². The van der Waals surface area contributed by atoms with Crippen LogP contribution in [0.1, 0.15) is 17.7 Å². The Morgan fingerprint density at radius 1 is 1.07 bits per heavy atom. The number of hydrogen-bond donors (Lipinski definition) is 1. The normalized spacial score (nSPS) is 11.0. The van der Waals surface area contributed by atoms with Crippen molar-refractivity contribution < 1.29 is 9.18 Å². The lowest BCUT2D eigenvalue weighted by atomic mass is 10.1. The number of nitrogens with zero attached hydrogens (tertiary/aromatic N) is 3. The van der Waals surface area contributed by atoms with E-state index in [1.165, 1.54) is 12.1 Å². The SMILES string of the molecule is CN(CCCc1cc(-c2ccc(F)cc2)n[nH]1)CC(=O)N(C)Cc1ccccc1. The molecular weight excluding hydrogens is 367 g/mol. The molecule has 0 aliphatic carbocycles. The molecule has 29 heavy (non-hydrogen) atoms. The van der Waals surface area contributed by atoms with Gasteiger partial charge in [0.25, 0.3) is 0 Å². The Balaban J connectivity index is 1.41. The van der Waals surface area contributed by atoms with Crippen molar-refractivity contribution in [3.05, 3.63) is 77.7 Å². The van der Waals surface area contributed by atoms with Gasteiger partial charge in [0.05, 0.1) is 12.2 Å². The second-order valence-corrected chi connectivity index (χ2v) is 7.36. The fraction of sp³-hybridized carbons (Fsp3) is 0.304. The fourth-order valence-corrected chi connectivity index (χ4v) is 3.17. The number of hydrogen-bond acceptors (Lipinski definition) is 3. The van der Waals surface area contributed by atoms with Crippen LogP contribution < -0.4 is 0 Å². The highest BCUT2D eigenvalue weighted by molar-refractivity contribution is 5.77. The number of halogens is 1. The molecule has 6 heteroatoms. The Kier molecular flexibility index (Phi) is 7.14. The van der Waals surface area contributed by atoms with Gasteiger partial charge < -0.3 is 4.90 Å². The molecule has 1 amide bonds. The van der Waals surface area contributed by atoms with Gasteiger partial charge in [0, 0.05) is 24.8 Å². The van der Waals surface area contributed by atoms with Crippen LogP contribution >= 0.6 is 0 Å². The summed E-state index contributed by atoms with van der Waals surface area (Å²) in [5.41, 5.74) is 3.86. The number of nitrogens with one attached hydrogen (secondary N) is 1. The molecular formula is C23H27FN4O. The summed E-state index contributed by atoms with van der Waals surface area (Å²) in [4.78, 5) is 16.2. The van der Waals surface area contributed by atoms with Gasteiger partial charge in [-0.3, -0.25) is 14.8 Å². The van der Waals surface area contributed by atoms with Gasteiger partial charge in [-0.1, -0.05) is 30.3 Å². The molecule has 152 valence electrons. The zero-order valence-corrected chi connectivity index (χ0v) is 16.9. The third-order valence-corrected chi connectivity index (χ3v) is 4.85. The van der Waals surface area contributed by atoms with Crippen LogP contribution in [0, 0.1) is 5.82 Å². The van der Waals surface area contributed by atoms with E-state index in [4.69, 9.17) is 0 Å². The minimum atomic E-state index is -0.253. The highest BCUT2D eigenvalue weighted by Crippen LogP contribution is 2.18. The lowest BCUT2D eigenvalue weighted by Gasteiger charge is -2.22. The van der Waals surface area contributed by atoms with E-state index >= 15 is 0 Å². The van der Waals surface area contributed by atoms with E-state index in [1.54, 1.807) is 17.0 Å². The van der Waals surface area contributed by atoms with Crippen LogP contribution in [0.25, 0.3) is 11.3 Å². The number of benzene rings is 2. The van der Waals surface area contributed by atoms with Crippen LogP contribution in [0.5, 0.6) is 0 Å². The average Bonchev–Trinajstić information content (AvgIpc) is 3.18. The molecule has 0 bridgehead atoms. The standard InChI is InChI=1S/C23H27FN4O/c1-27(17-23(29)28(2)16-18-7-4-3-5-8-18)14-6-9-21-15-22(26-25-21)19-10-12-20(24)13-11-19/h3-5,7-8,10-13,15H,6,9,14,16-17H2,1-2H3,(H,25,26). The molecule has 1 heterocycles. The van der Waals surface area contributed by atoms with Gasteiger partial charge in [-0.05, 0) is 62.3 Å². The number of likely N-dealkylation sites (N-methyl/N-ethyl adjacent to an activating group) is 2. The van der Waals surface area contributed by atoms with E-state index in [0.29, 0.717) is 13.1 Å². The number of aromatic nitrogens is 2. The average molecular weight is 394 g/mol. The summed E-state index contributed by atoms with van der Waals surface area (Å²) in [5.74, 6) is -0.145. The topological polar surface area (TPSA) is 52.2 Å². The lowest BCUT2D eigenvalue weighted by molar-refractivity contribution is -0.131. The maximum absolute atomic E-state index is 13.0. The zero-order valence-electron chi connectivity index (χ0n) is 16.9. The van der Waals surface area contributed by atoms with Gasteiger partial charge in [-0.15, -0.1) is 0 Å². The first-order valence-corrected chi connectivity index (χ1v) is 9.78. The van der Waals surface area contributed by atoms with E-state index in [2.05, 4.69) is 10.2 Å². The smallest absolute Gasteiger partial charge is 0.236 e. The second-order valence-electron chi connectivity index (χ2n) is 7.36. The number of carbonyl (C=O) groups is 1. The molecule has 1 aromatic heterocycles. The predicted molar refractivity (Wildman–Crippen MR) is 113 cm³/mol. The quantitative estimate of drug-likeness (QED) is 0.602. The van der Waals surface area contributed by atoms with Gasteiger partial charge in [0.2, 0.25) is 5.91 Å². The van der Waals surface area contributed by atoms with Crippen molar-refractivity contribution in [1.29, 1.82) is 0 Å². The summed E-state index contributed by atoms with van der Waals surface area (Å²) in [6.07, 6.45) is 1.75. The molecule has 2 aromatic carbocycles. The minimum absolute atomic E-state index is 0.108. The van der Waals surface area contributed by atoms with Crippen molar-refractivity contribution in [1.82, 2.24) is 20.0 Å². The lowest BCUT2D eigenvalue weighted by Crippen LogP contribution is -2.36. The molecule has 1 N–H and O–H groups in total. The molecule has 0 radical (unpaired) electrons. The van der Waals surface area contributed by atoms with E-state index in [1.807, 2.05) is 55.4 Å². The second kappa shape index (κ2) is 9.98. The molecule has 0 aliphatic heterocycles. The van der Waals surface area contributed by atoms with Crippen LogP contribution in [-0.4, -0.2) is 53.1 Å². The van der Waals surface area contributed by atoms with Gasteiger partial charge in [0.1, 0.15) is 5.82 Å². The molecule has 0 saturated carbocycles. The molecule has 0 spiro atoms. The molecule has 0 unspecified atom stereocenters. The summed E-state index contributed by atoms with van der Waals surface area (Å²) >= 11 is 0. The molecule has 0 atom stereocenters. The summed E-state index contributed by atoms with van der Waals surface area (Å²) in [6, 6.07) is 18.3. The largest absolute Gasteiger partial charge is 0.340 e. The minimum Gasteiger partial charge on any atom is -0.340 e. The van der Waals surface area contributed by atoms with E-state index < -0.39 is 0 Å². The summed E-state index contributed by atoms with van der Waals surface area (Å²) in [7, 11) is 3.80. The number of aryl methyl sites for hydroxylation is 1. The van der Waals surface area contributed by atoms with Crippen LogP contribution in [0.4, 0.5) is 4.39 Å². The molecule has 0 aliphatic rings. The first-order chi connectivity index (χ1) is 14.0. The first-order valence-electron chi connectivity index (χ1n) is 9.78. The summed E-state index contributed by atoms with van der Waals surface area (Å²) < 4.78 is 13.0. The number of rotatable bonds is 9. The molecule has 3 aromatic rings. The third-order valence-electron chi connectivity index (χ3n) is 4.85. The summed E-state index contributed by atoms with van der Waals surface area (Å²) in [5, 5.41) is 7.34. The Bertz CT molecular complexity index is 908.